The van der Waals surface area contributed by atoms with Crippen molar-refractivity contribution in [1.82, 2.24) is 15.1 Å². The largest absolute Gasteiger partial charge is 0.354 e. The van der Waals surface area contributed by atoms with E-state index >= 15 is 0 Å². The zero-order valence-electron chi connectivity index (χ0n) is 15.9. The summed E-state index contributed by atoms with van der Waals surface area (Å²) in [5.41, 5.74) is 3.46. The van der Waals surface area contributed by atoms with Crippen molar-refractivity contribution in [2.24, 2.45) is 0 Å². The van der Waals surface area contributed by atoms with E-state index in [9.17, 15) is 9.59 Å². The number of nitrogens with zero attached hydrogens (tertiary/aromatic N) is 2. The fraction of sp³-hybridized carbons (Fsp3) is 0.227. The number of hydrogen-bond acceptors (Lipinski definition) is 3. The summed E-state index contributed by atoms with van der Waals surface area (Å²) in [5.74, 6) is -0.246. The van der Waals surface area contributed by atoms with E-state index in [-0.39, 0.29) is 11.5 Å². The molecule has 3 rings (SSSR count). The first-order valence-electron chi connectivity index (χ1n) is 9.13. The van der Waals surface area contributed by atoms with Gasteiger partial charge in [-0.1, -0.05) is 53.6 Å². The van der Waals surface area contributed by atoms with Gasteiger partial charge in [-0.15, -0.1) is 0 Å². The van der Waals surface area contributed by atoms with Crippen molar-refractivity contribution in [3.63, 3.8) is 0 Å². The molecule has 0 fully saturated rings. The van der Waals surface area contributed by atoms with Gasteiger partial charge in [-0.25, -0.2) is 4.68 Å². The number of rotatable bonds is 6. The van der Waals surface area contributed by atoms with E-state index in [1.165, 1.54) is 10.7 Å². The summed E-state index contributed by atoms with van der Waals surface area (Å²) in [4.78, 5) is 24.7. The molecule has 0 saturated carbocycles. The third kappa shape index (κ3) is 4.87. The Morgan fingerprint density at radius 2 is 1.75 bits per heavy atom. The second kappa shape index (κ2) is 8.85. The monoisotopic (exact) mass is 395 g/mol. The minimum absolute atomic E-state index is 0.246. The van der Waals surface area contributed by atoms with Gasteiger partial charge in [0, 0.05) is 23.2 Å². The fourth-order valence-electron chi connectivity index (χ4n) is 2.82. The number of amides is 1. The second-order valence-electron chi connectivity index (χ2n) is 6.71. The summed E-state index contributed by atoms with van der Waals surface area (Å²) in [7, 11) is 0. The third-order valence-electron chi connectivity index (χ3n) is 4.54. The molecule has 1 atom stereocenters. The Balaban J connectivity index is 1.68. The average Bonchev–Trinajstić information content (AvgIpc) is 2.70. The van der Waals surface area contributed by atoms with Crippen LogP contribution in [0.4, 0.5) is 0 Å². The molecular formula is C22H22ClN3O2. The molecule has 0 saturated heterocycles. The van der Waals surface area contributed by atoms with Gasteiger partial charge < -0.3 is 5.32 Å². The first kappa shape index (κ1) is 19.8. The van der Waals surface area contributed by atoms with Gasteiger partial charge in [-0.3, -0.25) is 9.59 Å². The van der Waals surface area contributed by atoms with E-state index < -0.39 is 6.04 Å². The number of carbonyl (C=O) groups excluding carboxylic acids is 1. The maximum absolute atomic E-state index is 12.5. The van der Waals surface area contributed by atoms with Crippen LogP contribution in [0.1, 0.15) is 24.1 Å². The standard InChI is InChI=1S/C22H22ClN3O2/c1-15-3-7-18(8-4-15)20-11-12-21(27)26(25-20)16(2)22(28)24-14-13-17-5-9-19(23)10-6-17/h3-12,16H,13-14H2,1-2H3,(H,24,28). The summed E-state index contributed by atoms with van der Waals surface area (Å²) in [6.07, 6.45) is 0.682. The van der Waals surface area contributed by atoms with Crippen molar-refractivity contribution in [1.29, 1.82) is 0 Å². The molecule has 0 radical (unpaired) electrons. The Bertz CT molecular complexity index is 1010. The van der Waals surface area contributed by atoms with Gasteiger partial charge in [-0.05, 0) is 44.0 Å². The second-order valence-corrected chi connectivity index (χ2v) is 7.15. The number of benzene rings is 2. The summed E-state index contributed by atoms with van der Waals surface area (Å²) >= 11 is 5.88. The summed E-state index contributed by atoms with van der Waals surface area (Å²) in [5, 5.41) is 7.94. The van der Waals surface area contributed by atoms with Crippen LogP contribution < -0.4 is 10.9 Å². The normalized spacial score (nSPS) is 11.8. The number of halogens is 1. The number of carbonyl (C=O) groups is 1. The first-order valence-corrected chi connectivity index (χ1v) is 9.51. The smallest absolute Gasteiger partial charge is 0.267 e. The summed E-state index contributed by atoms with van der Waals surface area (Å²) in [6, 6.07) is 17.8. The molecule has 144 valence electrons. The van der Waals surface area contributed by atoms with Gasteiger partial charge in [0.15, 0.2) is 0 Å². The van der Waals surface area contributed by atoms with Gasteiger partial charge in [0.2, 0.25) is 5.91 Å². The van der Waals surface area contributed by atoms with E-state index in [0.717, 1.165) is 16.7 Å². The molecule has 1 heterocycles. The molecule has 1 amide bonds. The van der Waals surface area contributed by atoms with Crippen molar-refractivity contribution in [2.45, 2.75) is 26.3 Å². The number of nitrogens with one attached hydrogen (secondary N) is 1. The van der Waals surface area contributed by atoms with Gasteiger partial charge in [0.1, 0.15) is 6.04 Å². The van der Waals surface area contributed by atoms with Crippen LogP contribution in [-0.4, -0.2) is 22.2 Å². The Labute approximate surface area is 169 Å². The van der Waals surface area contributed by atoms with Crippen LogP contribution in [0.3, 0.4) is 0 Å². The zero-order chi connectivity index (χ0) is 20.1. The van der Waals surface area contributed by atoms with Crippen molar-refractivity contribution in [3.05, 3.63) is 87.2 Å². The van der Waals surface area contributed by atoms with Crippen molar-refractivity contribution in [3.8, 4) is 11.3 Å². The molecule has 0 aliphatic heterocycles. The molecule has 1 aromatic heterocycles. The molecular weight excluding hydrogens is 374 g/mol. The van der Waals surface area contributed by atoms with Crippen molar-refractivity contribution in [2.75, 3.05) is 6.54 Å². The molecule has 3 aromatic rings. The van der Waals surface area contributed by atoms with E-state index in [1.54, 1.807) is 13.0 Å². The van der Waals surface area contributed by atoms with Crippen LogP contribution >= 0.6 is 11.6 Å². The third-order valence-corrected chi connectivity index (χ3v) is 4.80. The van der Waals surface area contributed by atoms with E-state index in [2.05, 4.69) is 10.4 Å². The quantitative estimate of drug-likeness (QED) is 0.690. The highest BCUT2D eigenvalue weighted by molar-refractivity contribution is 6.30. The lowest BCUT2D eigenvalue weighted by Gasteiger charge is -2.15. The average molecular weight is 396 g/mol. The Morgan fingerprint density at radius 3 is 2.43 bits per heavy atom. The molecule has 0 aliphatic rings. The van der Waals surface area contributed by atoms with Gasteiger partial charge >= 0.3 is 0 Å². The fourth-order valence-corrected chi connectivity index (χ4v) is 2.95. The van der Waals surface area contributed by atoms with Crippen LogP contribution in [0.2, 0.25) is 5.02 Å². The predicted octanol–water partition coefficient (Wildman–Crippen LogP) is 3.79. The van der Waals surface area contributed by atoms with Gasteiger partial charge in [0.25, 0.3) is 5.56 Å². The van der Waals surface area contributed by atoms with Gasteiger partial charge in [0.05, 0.1) is 5.69 Å². The Kier molecular flexibility index (Phi) is 6.26. The highest BCUT2D eigenvalue weighted by atomic mass is 35.5. The highest BCUT2D eigenvalue weighted by Gasteiger charge is 2.17. The lowest BCUT2D eigenvalue weighted by atomic mass is 10.1. The SMILES string of the molecule is Cc1ccc(-c2ccc(=O)n(C(C)C(=O)NCCc3ccc(Cl)cc3)n2)cc1. The Morgan fingerprint density at radius 1 is 1.07 bits per heavy atom. The van der Waals surface area contributed by atoms with Crippen LogP contribution in [-0.2, 0) is 11.2 Å². The van der Waals surface area contributed by atoms with Crippen LogP contribution in [0, 0.1) is 6.92 Å². The van der Waals surface area contributed by atoms with Crippen LogP contribution in [0.25, 0.3) is 11.3 Å². The minimum atomic E-state index is -0.705. The van der Waals surface area contributed by atoms with Gasteiger partial charge in [-0.2, -0.15) is 5.10 Å². The predicted molar refractivity (Wildman–Crippen MR) is 112 cm³/mol. The first-order chi connectivity index (χ1) is 13.4. The van der Waals surface area contributed by atoms with E-state index in [1.807, 2.05) is 55.5 Å². The maximum Gasteiger partial charge on any atom is 0.267 e. The molecule has 1 unspecified atom stereocenters. The number of hydrogen-bond donors (Lipinski definition) is 1. The highest BCUT2D eigenvalue weighted by Crippen LogP contribution is 2.17. The molecule has 2 aromatic carbocycles. The van der Waals surface area contributed by atoms with Crippen LogP contribution in [0.5, 0.6) is 0 Å². The molecule has 0 spiro atoms. The molecule has 1 N–H and O–H groups in total. The van der Waals surface area contributed by atoms with Crippen LogP contribution in [0.15, 0.2) is 65.5 Å². The van der Waals surface area contributed by atoms with E-state index in [4.69, 9.17) is 11.6 Å². The molecule has 28 heavy (non-hydrogen) atoms. The van der Waals surface area contributed by atoms with Crippen molar-refractivity contribution >= 4 is 17.5 Å². The minimum Gasteiger partial charge on any atom is -0.354 e. The van der Waals surface area contributed by atoms with E-state index in [0.29, 0.717) is 23.7 Å². The molecule has 0 aliphatic carbocycles. The lowest BCUT2D eigenvalue weighted by molar-refractivity contribution is -0.124. The Hall–Kier alpha value is -2.92. The summed E-state index contributed by atoms with van der Waals surface area (Å²) in [6.45, 7) is 4.15. The zero-order valence-corrected chi connectivity index (χ0v) is 16.6. The lowest BCUT2D eigenvalue weighted by Crippen LogP contribution is -2.37. The summed E-state index contributed by atoms with van der Waals surface area (Å²) < 4.78 is 1.23. The molecule has 0 bridgehead atoms. The number of aromatic nitrogens is 2. The number of aryl methyl sites for hydroxylation is 1. The molecule has 5 nitrogen and oxygen atoms in total. The maximum atomic E-state index is 12.5. The molecule has 6 heteroatoms. The van der Waals surface area contributed by atoms with Crippen molar-refractivity contribution < 1.29 is 4.79 Å². The topological polar surface area (TPSA) is 64.0 Å².